The molecule has 3 aromatic rings. The number of carbonyl (C=O) groups is 1. The average Bonchev–Trinajstić information content (AvgIpc) is 3.08. The fourth-order valence-corrected chi connectivity index (χ4v) is 4.10. The summed E-state index contributed by atoms with van der Waals surface area (Å²) in [7, 11) is -2.16. The lowest BCUT2D eigenvalue weighted by Gasteiger charge is -2.10. The van der Waals surface area contributed by atoms with Crippen molar-refractivity contribution in [2.45, 2.75) is 20.0 Å². The quantitative estimate of drug-likeness (QED) is 0.574. The Kier molecular flexibility index (Phi) is 6.86. The van der Waals surface area contributed by atoms with Gasteiger partial charge in [0.25, 0.3) is 5.91 Å². The Labute approximate surface area is 192 Å². The van der Waals surface area contributed by atoms with Crippen molar-refractivity contribution < 1.29 is 17.9 Å². The molecule has 3 rings (SSSR count). The van der Waals surface area contributed by atoms with Crippen LogP contribution in [0.15, 0.2) is 48.5 Å². The monoisotopic (exact) mass is 462 g/mol. The van der Waals surface area contributed by atoms with Gasteiger partial charge in [0, 0.05) is 23.9 Å². The van der Waals surface area contributed by atoms with E-state index in [-0.39, 0.29) is 12.3 Å². The minimum Gasteiger partial charge on any atom is -0.489 e. The maximum Gasteiger partial charge on any atom is 0.282 e. The Morgan fingerprint density at radius 1 is 1.09 bits per heavy atom. The molecule has 1 N–H and O–H groups in total. The van der Waals surface area contributed by atoms with Crippen LogP contribution < -0.4 is 9.46 Å². The number of benzene rings is 2. The zero-order valence-electron chi connectivity index (χ0n) is 18.4. The van der Waals surface area contributed by atoms with Crippen molar-refractivity contribution in [3.63, 3.8) is 0 Å². The third kappa shape index (κ3) is 5.05. The lowest BCUT2D eigenvalue weighted by Crippen LogP contribution is -2.31. The van der Waals surface area contributed by atoms with Crippen molar-refractivity contribution in [1.82, 2.24) is 9.29 Å². The number of sulfonamides is 1. The van der Waals surface area contributed by atoms with Crippen LogP contribution in [0.5, 0.6) is 5.75 Å². The number of hydrogen-bond acceptors (Lipinski definition) is 6. The van der Waals surface area contributed by atoms with E-state index in [2.05, 4.69) is 12.1 Å². The van der Waals surface area contributed by atoms with Gasteiger partial charge in [-0.2, -0.15) is 10.5 Å². The maximum absolute atomic E-state index is 12.8. The predicted octanol–water partition coefficient (Wildman–Crippen LogP) is 3.27. The number of nitriles is 2. The molecule has 1 amide bonds. The van der Waals surface area contributed by atoms with Gasteiger partial charge < -0.3 is 9.30 Å². The van der Waals surface area contributed by atoms with Gasteiger partial charge in [-0.15, -0.1) is 0 Å². The Morgan fingerprint density at radius 3 is 2.33 bits per heavy atom. The molecule has 0 atom stereocenters. The molecule has 0 fully saturated rings. The van der Waals surface area contributed by atoms with Crippen LogP contribution in [-0.2, 0) is 30.1 Å². The number of rotatable bonds is 7. The number of ether oxygens (including phenoxy) is 1. The summed E-state index contributed by atoms with van der Waals surface area (Å²) in [5.74, 6) is -0.265. The van der Waals surface area contributed by atoms with Gasteiger partial charge in [0.1, 0.15) is 24.1 Å². The number of carbonyl (C=O) groups excluding carboxylic acids is 1. The summed E-state index contributed by atoms with van der Waals surface area (Å²) in [5, 5.41) is 19.0. The van der Waals surface area contributed by atoms with E-state index in [0.717, 1.165) is 11.8 Å². The van der Waals surface area contributed by atoms with Gasteiger partial charge in [0.15, 0.2) is 0 Å². The third-order valence-electron chi connectivity index (χ3n) is 5.13. The molecule has 0 aliphatic carbocycles. The van der Waals surface area contributed by atoms with Gasteiger partial charge in [-0.25, -0.2) is 13.1 Å². The van der Waals surface area contributed by atoms with E-state index in [0.29, 0.717) is 40.1 Å². The molecule has 0 saturated heterocycles. The van der Waals surface area contributed by atoms with Gasteiger partial charge in [-0.05, 0) is 30.2 Å². The molecule has 0 spiro atoms. The molecule has 1 heterocycles. The van der Waals surface area contributed by atoms with E-state index in [1.54, 1.807) is 48.0 Å². The Bertz CT molecular complexity index is 1390. The van der Waals surface area contributed by atoms with Crippen LogP contribution in [0.3, 0.4) is 0 Å². The summed E-state index contributed by atoms with van der Waals surface area (Å²) in [6.07, 6.45) is 1.38. The van der Waals surface area contributed by atoms with Crippen LogP contribution in [0.2, 0.25) is 0 Å². The molecule has 2 aromatic carbocycles. The summed E-state index contributed by atoms with van der Waals surface area (Å²) in [6.45, 7) is 2.06. The van der Waals surface area contributed by atoms with Crippen molar-refractivity contribution in [3.8, 4) is 29.0 Å². The van der Waals surface area contributed by atoms with Gasteiger partial charge >= 0.3 is 0 Å². The summed E-state index contributed by atoms with van der Waals surface area (Å²) in [5.41, 5.74) is 3.25. The number of amides is 1. The van der Waals surface area contributed by atoms with E-state index in [9.17, 15) is 23.7 Å². The summed E-state index contributed by atoms with van der Waals surface area (Å²) < 4.78 is 32.6. The van der Waals surface area contributed by atoms with Crippen molar-refractivity contribution in [2.75, 3.05) is 6.26 Å². The molecule has 0 unspecified atom stereocenters. The first-order valence-corrected chi connectivity index (χ1v) is 11.9. The van der Waals surface area contributed by atoms with Crippen LogP contribution in [0.1, 0.15) is 39.8 Å². The summed E-state index contributed by atoms with van der Waals surface area (Å²) in [4.78, 5) is 12.8. The largest absolute Gasteiger partial charge is 0.489 e. The standard InChI is InChI=1S/C24H22N4O4S/c1-4-21-20(14-26)22(23(28(21)2)24(29)27-33(3,30)31)16-9-11-19(12-10-16)32-15-18-8-6-5-7-17(18)13-25/h5-12H,4,15H2,1-3H3,(H,27,29). The third-order valence-corrected chi connectivity index (χ3v) is 5.69. The Balaban J connectivity index is 1.98. The van der Waals surface area contributed by atoms with Crippen molar-refractivity contribution in [2.24, 2.45) is 7.05 Å². The molecule has 168 valence electrons. The molecule has 8 nitrogen and oxygen atoms in total. The van der Waals surface area contributed by atoms with Crippen LogP contribution in [0, 0.1) is 22.7 Å². The van der Waals surface area contributed by atoms with E-state index in [1.807, 2.05) is 23.8 Å². The molecule has 9 heteroatoms. The molecule has 0 aliphatic heterocycles. The van der Waals surface area contributed by atoms with Crippen LogP contribution >= 0.6 is 0 Å². The smallest absolute Gasteiger partial charge is 0.282 e. The minimum atomic E-state index is -3.79. The number of nitrogens with one attached hydrogen (secondary N) is 1. The lowest BCUT2D eigenvalue weighted by molar-refractivity contribution is 0.0974. The van der Waals surface area contributed by atoms with Gasteiger partial charge in [-0.1, -0.05) is 37.3 Å². The van der Waals surface area contributed by atoms with E-state index >= 15 is 0 Å². The second kappa shape index (κ2) is 9.60. The van der Waals surface area contributed by atoms with Crippen LogP contribution in [0.4, 0.5) is 0 Å². The molecular formula is C24H22N4O4S. The first kappa shape index (κ1) is 23.6. The average molecular weight is 463 g/mol. The number of hydrogen-bond donors (Lipinski definition) is 1. The summed E-state index contributed by atoms with van der Waals surface area (Å²) in [6, 6.07) is 18.2. The van der Waals surface area contributed by atoms with Crippen molar-refractivity contribution >= 4 is 15.9 Å². The first-order valence-electron chi connectivity index (χ1n) is 10.0. The van der Waals surface area contributed by atoms with Gasteiger partial charge in [-0.3, -0.25) is 4.79 Å². The molecule has 0 saturated carbocycles. The fraction of sp³-hybridized carbons (Fsp3) is 0.208. The Hall–Kier alpha value is -4.08. The van der Waals surface area contributed by atoms with Gasteiger partial charge in [0.2, 0.25) is 10.0 Å². The molecular weight excluding hydrogens is 440 g/mol. The van der Waals surface area contributed by atoms with E-state index < -0.39 is 15.9 Å². The topological polar surface area (TPSA) is 125 Å². The summed E-state index contributed by atoms with van der Waals surface area (Å²) >= 11 is 0. The molecule has 0 radical (unpaired) electrons. The molecule has 0 aliphatic rings. The molecule has 0 bridgehead atoms. The lowest BCUT2D eigenvalue weighted by atomic mass is 9.99. The predicted molar refractivity (Wildman–Crippen MR) is 123 cm³/mol. The van der Waals surface area contributed by atoms with Crippen LogP contribution in [-0.4, -0.2) is 25.1 Å². The van der Waals surface area contributed by atoms with Crippen molar-refractivity contribution in [3.05, 3.63) is 76.6 Å². The SMILES string of the molecule is CCc1c(C#N)c(-c2ccc(OCc3ccccc3C#N)cc2)c(C(=O)NS(C)(=O)=O)n1C. The van der Waals surface area contributed by atoms with E-state index in [4.69, 9.17) is 4.74 Å². The highest BCUT2D eigenvalue weighted by Gasteiger charge is 2.27. The Morgan fingerprint density at radius 2 is 1.76 bits per heavy atom. The second-order valence-corrected chi connectivity index (χ2v) is 9.10. The second-order valence-electron chi connectivity index (χ2n) is 7.36. The zero-order valence-corrected chi connectivity index (χ0v) is 19.2. The first-order chi connectivity index (χ1) is 15.7. The highest BCUT2D eigenvalue weighted by molar-refractivity contribution is 7.89. The van der Waals surface area contributed by atoms with Crippen molar-refractivity contribution in [1.29, 1.82) is 10.5 Å². The number of aromatic nitrogens is 1. The van der Waals surface area contributed by atoms with Crippen LogP contribution in [0.25, 0.3) is 11.1 Å². The number of nitrogens with zero attached hydrogens (tertiary/aromatic N) is 3. The van der Waals surface area contributed by atoms with Gasteiger partial charge in [0.05, 0.1) is 23.5 Å². The molecule has 33 heavy (non-hydrogen) atoms. The zero-order chi connectivity index (χ0) is 24.2. The highest BCUT2D eigenvalue weighted by Crippen LogP contribution is 2.33. The highest BCUT2D eigenvalue weighted by atomic mass is 32.2. The normalized spacial score (nSPS) is 10.8. The maximum atomic E-state index is 12.8. The fourth-order valence-electron chi connectivity index (χ4n) is 3.67. The van der Waals surface area contributed by atoms with E-state index in [1.165, 1.54) is 0 Å². The minimum absolute atomic E-state index is 0.0884. The molecule has 1 aromatic heterocycles.